The first-order valence-corrected chi connectivity index (χ1v) is 9.03. The molecule has 2 amide bonds. The number of piperidine rings is 1. The third-order valence-electron chi connectivity index (χ3n) is 5.18. The van der Waals surface area contributed by atoms with Crippen LogP contribution in [0.3, 0.4) is 0 Å². The van der Waals surface area contributed by atoms with Crippen LogP contribution in [0, 0.1) is 5.92 Å². The summed E-state index contributed by atoms with van der Waals surface area (Å²) in [6.45, 7) is 2.16. The van der Waals surface area contributed by atoms with Crippen molar-refractivity contribution in [3.05, 3.63) is 41.7 Å². The molecule has 1 aromatic heterocycles. The van der Waals surface area contributed by atoms with Gasteiger partial charge in [0.25, 0.3) is 0 Å². The summed E-state index contributed by atoms with van der Waals surface area (Å²) in [6, 6.07) is 6.04. The van der Waals surface area contributed by atoms with Crippen molar-refractivity contribution in [1.29, 1.82) is 0 Å². The van der Waals surface area contributed by atoms with Crippen molar-refractivity contribution in [3.8, 4) is 0 Å². The number of carbonyl (C=O) groups is 2. The van der Waals surface area contributed by atoms with Crippen LogP contribution in [-0.2, 0) is 29.6 Å². The average Bonchev–Trinajstić information content (AvgIpc) is 3.08. The number of anilines is 2. The largest absolute Gasteiger partial charge is 0.326 e. The third-order valence-corrected chi connectivity index (χ3v) is 5.18. The summed E-state index contributed by atoms with van der Waals surface area (Å²) in [6.07, 6.45) is 5.34. The fourth-order valence-electron chi connectivity index (χ4n) is 3.74. The summed E-state index contributed by atoms with van der Waals surface area (Å²) in [5, 5.41) is 10.6. The van der Waals surface area contributed by atoms with Gasteiger partial charge in [0.05, 0.1) is 17.8 Å². The van der Waals surface area contributed by atoms with Gasteiger partial charge in [0.2, 0.25) is 11.8 Å². The van der Waals surface area contributed by atoms with Gasteiger partial charge in [-0.2, -0.15) is 5.10 Å². The van der Waals surface area contributed by atoms with E-state index in [1.807, 2.05) is 19.2 Å². The second kappa shape index (κ2) is 6.92. The maximum Gasteiger partial charge on any atom is 0.229 e. The number of hydrogen-bond donors (Lipinski definition) is 2. The molecule has 7 nitrogen and oxygen atoms in total. The average molecular weight is 353 g/mol. The molecule has 136 valence electrons. The van der Waals surface area contributed by atoms with Crippen molar-refractivity contribution in [2.24, 2.45) is 13.0 Å². The van der Waals surface area contributed by atoms with Gasteiger partial charge in [-0.15, -0.1) is 0 Å². The Morgan fingerprint density at radius 3 is 3.04 bits per heavy atom. The number of nitrogens with zero attached hydrogens (tertiary/aromatic N) is 3. The van der Waals surface area contributed by atoms with Crippen molar-refractivity contribution >= 4 is 23.2 Å². The van der Waals surface area contributed by atoms with Crippen LogP contribution < -0.4 is 15.5 Å². The van der Waals surface area contributed by atoms with Gasteiger partial charge in [-0.05, 0) is 36.6 Å². The van der Waals surface area contributed by atoms with Gasteiger partial charge in [0.1, 0.15) is 0 Å². The van der Waals surface area contributed by atoms with Crippen LogP contribution >= 0.6 is 0 Å². The van der Waals surface area contributed by atoms with Crippen LogP contribution in [0.15, 0.2) is 30.6 Å². The molecule has 3 heterocycles. The zero-order chi connectivity index (χ0) is 18.1. The number of amides is 2. The fraction of sp³-hybridized carbons (Fsp3) is 0.421. The number of hydrogen-bond acceptors (Lipinski definition) is 4. The van der Waals surface area contributed by atoms with Crippen molar-refractivity contribution < 1.29 is 9.59 Å². The van der Waals surface area contributed by atoms with E-state index in [9.17, 15) is 9.59 Å². The molecular formula is C19H23N5O2. The van der Waals surface area contributed by atoms with Crippen molar-refractivity contribution in [2.75, 3.05) is 23.3 Å². The monoisotopic (exact) mass is 353 g/mol. The lowest BCUT2D eigenvalue weighted by molar-refractivity contribution is -0.124. The van der Waals surface area contributed by atoms with Crippen molar-refractivity contribution in [3.63, 3.8) is 0 Å². The molecule has 1 aromatic carbocycles. The second-order valence-corrected chi connectivity index (χ2v) is 6.97. The number of carbonyl (C=O) groups excluding carboxylic acids is 2. The van der Waals surface area contributed by atoms with Crippen molar-refractivity contribution in [1.82, 2.24) is 15.1 Å². The summed E-state index contributed by atoms with van der Waals surface area (Å²) in [4.78, 5) is 26.8. The number of nitrogens with one attached hydrogen (secondary N) is 2. The van der Waals surface area contributed by atoms with Crippen LogP contribution in [0.2, 0.25) is 0 Å². The molecule has 1 unspecified atom stereocenters. The van der Waals surface area contributed by atoms with Crippen LogP contribution in [0.5, 0.6) is 0 Å². The maximum absolute atomic E-state index is 12.9. The lowest BCUT2D eigenvalue weighted by Crippen LogP contribution is -2.44. The zero-order valence-corrected chi connectivity index (χ0v) is 14.9. The summed E-state index contributed by atoms with van der Waals surface area (Å²) >= 11 is 0. The van der Waals surface area contributed by atoms with Gasteiger partial charge in [0.15, 0.2) is 0 Å². The van der Waals surface area contributed by atoms with Crippen molar-refractivity contribution in [2.45, 2.75) is 25.8 Å². The Morgan fingerprint density at radius 1 is 1.35 bits per heavy atom. The molecule has 0 bridgehead atoms. The number of aryl methyl sites for hydroxylation is 1. The Morgan fingerprint density at radius 2 is 2.23 bits per heavy atom. The summed E-state index contributed by atoms with van der Waals surface area (Å²) in [7, 11) is 1.82. The number of fused-ring (bicyclic) bond motifs is 1. The highest BCUT2D eigenvalue weighted by molar-refractivity contribution is 5.99. The molecule has 0 spiro atoms. The lowest BCUT2D eigenvalue weighted by Gasteiger charge is -2.31. The first-order chi connectivity index (χ1) is 12.6. The minimum atomic E-state index is -0.217. The molecule has 0 radical (unpaired) electrons. The molecule has 4 rings (SSSR count). The summed E-state index contributed by atoms with van der Waals surface area (Å²) < 4.78 is 1.66. The normalized spacial score (nSPS) is 20.0. The van der Waals surface area contributed by atoms with Gasteiger partial charge in [-0.3, -0.25) is 14.3 Å². The predicted octanol–water partition coefficient (Wildman–Crippen LogP) is 1.45. The van der Waals surface area contributed by atoms with Gasteiger partial charge < -0.3 is 15.5 Å². The van der Waals surface area contributed by atoms with E-state index in [2.05, 4.69) is 21.8 Å². The van der Waals surface area contributed by atoms with Gasteiger partial charge in [0, 0.05) is 38.4 Å². The van der Waals surface area contributed by atoms with Crippen LogP contribution in [0.1, 0.15) is 24.0 Å². The molecule has 2 N–H and O–H groups in total. The molecule has 1 fully saturated rings. The van der Waals surface area contributed by atoms with E-state index in [1.54, 1.807) is 22.0 Å². The SMILES string of the molecule is Cn1cc(N2CC(C(=O)Nc3cccc4c3CCNC4)CCC2=O)cn1. The minimum absolute atomic E-state index is 0.0154. The lowest BCUT2D eigenvalue weighted by atomic mass is 9.95. The van der Waals surface area contributed by atoms with Crippen LogP contribution in [0.4, 0.5) is 11.4 Å². The highest BCUT2D eigenvalue weighted by atomic mass is 16.2. The van der Waals surface area contributed by atoms with Gasteiger partial charge in [-0.25, -0.2) is 0 Å². The molecule has 0 aliphatic carbocycles. The summed E-state index contributed by atoms with van der Waals surface area (Å²) in [5.41, 5.74) is 4.11. The first-order valence-electron chi connectivity index (χ1n) is 9.03. The van der Waals surface area contributed by atoms with E-state index in [-0.39, 0.29) is 17.7 Å². The second-order valence-electron chi connectivity index (χ2n) is 6.97. The Labute approximate surface area is 152 Å². The van der Waals surface area contributed by atoms with E-state index in [1.165, 1.54) is 11.1 Å². The minimum Gasteiger partial charge on any atom is -0.326 e. The molecular weight excluding hydrogens is 330 g/mol. The molecule has 0 saturated carbocycles. The highest BCUT2D eigenvalue weighted by Crippen LogP contribution is 2.27. The zero-order valence-electron chi connectivity index (χ0n) is 14.9. The van der Waals surface area contributed by atoms with Gasteiger partial charge in [-0.1, -0.05) is 12.1 Å². The smallest absolute Gasteiger partial charge is 0.229 e. The van der Waals surface area contributed by atoms with E-state index in [4.69, 9.17) is 0 Å². The summed E-state index contributed by atoms with van der Waals surface area (Å²) in [5.74, 6) is -0.186. The standard InChI is InChI=1S/C19H23N5O2/c1-23-12-15(10-21-23)24-11-14(5-6-18(24)25)19(26)22-17-4-2-3-13-9-20-8-7-16(13)17/h2-4,10,12,14,20H,5-9,11H2,1H3,(H,22,26). The van der Waals surface area contributed by atoms with E-state index < -0.39 is 0 Å². The van der Waals surface area contributed by atoms with E-state index >= 15 is 0 Å². The molecule has 1 atom stereocenters. The van der Waals surface area contributed by atoms with Crippen LogP contribution in [0.25, 0.3) is 0 Å². The Hall–Kier alpha value is -2.67. The first kappa shape index (κ1) is 16.8. The predicted molar refractivity (Wildman–Crippen MR) is 98.8 cm³/mol. The molecule has 26 heavy (non-hydrogen) atoms. The van der Waals surface area contributed by atoms with Crippen LogP contribution in [-0.4, -0.2) is 34.7 Å². The number of aromatic nitrogens is 2. The molecule has 7 heteroatoms. The molecule has 2 aliphatic heterocycles. The Kier molecular flexibility index (Phi) is 4.46. The Balaban J connectivity index is 1.49. The molecule has 2 aliphatic rings. The topological polar surface area (TPSA) is 79.3 Å². The maximum atomic E-state index is 12.9. The number of benzene rings is 1. The van der Waals surface area contributed by atoms with E-state index in [0.29, 0.717) is 19.4 Å². The molecule has 2 aromatic rings. The van der Waals surface area contributed by atoms with Gasteiger partial charge >= 0.3 is 0 Å². The Bertz CT molecular complexity index is 844. The highest BCUT2D eigenvalue weighted by Gasteiger charge is 2.32. The quantitative estimate of drug-likeness (QED) is 0.875. The molecule has 1 saturated heterocycles. The number of rotatable bonds is 3. The third kappa shape index (κ3) is 3.22. The fourth-order valence-corrected chi connectivity index (χ4v) is 3.74. The van der Waals surface area contributed by atoms with E-state index in [0.717, 1.165) is 30.9 Å².